The van der Waals surface area contributed by atoms with E-state index in [0.29, 0.717) is 30.9 Å². The van der Waals surface area contributed by atoms with E-state index in [4.69, 9.17) is 4.74 Å². The monoisotopic (exact) mass is 286 g/mol. The van der Waals surface area contributed by atoms with E-state index in [1.165, 1.54) is 0 Å². The fourth-order valence-electron chi connectivity index (χ4n) is 3.41. The van der Waals surface area contributed by atoms with Crippen LogP contribution in [0.4, 0.5) is 0 Å². The van der Waals surface area contributed by atoms with Gasteiger partial charge in [0, 0.05) is 36.5 Å². The van der Waals surface area contributed by atoms with Crippen molar-refractivity contribution in [2.45, 2.75) is 31.8 Å². The number of piperidine rings is 1. The van der Waals surface area contributed by atoms with Crippen LogP contribution in [0.5, 0.6) is 0 Å². The van der Waals surface area contributed by atoms with Gasteiger partial charge in [0.05, 0.1) is 24.5 Å². The van der Waals surface area contributed by atoms with Crippen LogP contribution in [0, 0.1) is 12.8 Å². The number of carbonyl (C=O) groups excluding carboxylic acids is 1. The molecule has 2 atom stereocenters. The van der Waals surface area contributed by atoms with Gasteiger partial charge in [-0.05, 0) is 19.8 Å². The van der Waals surface area contributed by atoms with Crippen molar-refractivity contribution in [3.8, 4) is 0 Å². The molecule has 2 aromatic rings. The summed E-state index contributed by atoms with van der Waals surface area (Å²) in [6.07, 6.45) is 5.15. The van der Waals surface area contributed by atoms with Crippen LogP contribution in [0.3, 0.4) is 0 Å². The van der Waals surface area contributed by atoms with Crippen molar-refractivity contribution in [3.05, 3.63) is 29.7 Å². The summed E-state index contributed by atoms with van der Waals surface area (Å²) in [5, 5.41) is 7.84. The van der Waals surface area contributed by atoms with Gasteiger partial charge in [-0.2, -0.15) is 5.10 Å². The second kappa shape index (κ2) is 4.89. The number of Topliss-reactive ketones (excluding diaryl/α,β-unsaturated/α-hetero) is 1. The minimum Gasteiger partial charge on any atom is -0.378 e. The quantitative estimate of drug-likeness (QED) is 0.834. The lowest BCUT2D eigenvalue weighted by molar-refractivity contribution is 0.00951. The molecule has 2 saturated heterocycles. The molecule has 2 aliphatic heterocycles. The Morgan fingerprint density at radius 2 is 2.14 bits per heavy atom. The number of rotatable bonds is 2. The van der Waals surface area contributed by atoms with Crippen molar-refractivity contribution in [2.24, 2.45) is 5.92 Å². The number of hydrogen-bond donors (Lipinski definition) is 1. The molecule has 2 unspecified atom stereocenters. The summed E-state index contributed by atoms with van der Waals surface area (Å²) >= 11 is 0. The molecule has 2 fully saturated rings. The van der Waals surface area contributed by atoms with Crippen LogP contribution in [0.25, 0.3) is 5.65 Å². The normalized spacial score (nSPS) is 28.7. The molecular formula is C15H18N4O2. The van der Waals surface area contributed by atoms with Crippen LogP contribution < -0.4 is 5.32 Å². The minimum atomic E-state index is 0.0565. The average molecular weight is 286 g/mol. The average Bonchev–Trinajstić information content (AvgIpc) is 2.85. The largest absolute Gasteiger partial charge is 0.378 e. The summed E-state index contributed by atoms with van der Waals surface area (Å²) < 4.78 is 7.22. The summed E-state index contributed by atoms with van der Waals surface area (Å²) in [5.41, 5.74) is 2.33. The molecule has 2 aliphatic rings. The van der Waals surface area contributed by atoms with E-state index in [-0.39, 0.29) is 11.7 Å². The third-order valence-corrected chi connectivity index (χ3v) is 4.34. The van der Waals surface area contributed by atoms with E-state index in [1.807, 2.05) is 13.0 Å². The lowest BCUT2D eigenvalue weighted by Crippen LogP contribution is -2.55. The van der Waals surface area contributed by atoms with E-state index in [0.717, 1.165) is 24.2 Å². The highest BCUT2D eigenvalue weighted by Gasteiger charge is 2.35. The molecule has 6 nitrogen and oxygen atoms in total. The molecule has 4 rings (SSSR count). The molecule has 2 aromatic heterocycles. The predicted octanol–water partition coefficient (Wildman–Crippen LogP) is 0.987. The van der Waals surface area contributed by atoms with Crippen LogP contribution in [-0.2, 0) is 4.74 Å². The molecule has 4 heterocycles. The number of aromatic nitrogens is 3. The second-order valence-electron chi connectivity index (χ2n) is 6.06. The third kappa shape index (κ3) is 2.34. The van der Waals surface area contributed by atoms with Gasteiger partial charge in [0.15, 0.2) is 11.4 Å². The van der Waals surface area contributed by atoms with Crippen LogP contribution in [0.1, 0.15) is 28.9 Å². The zero-order valence-corrected chi connectivity index (χ0v) is 12.0. The van der Waals surface area contributed by atoms with E-state index in [2.05, 4.69) is 15.4 Å². The van der Waals surface area contributed by atoms with Crippen molar-refractivity contribution in [2.75, 3.05) is 13.2 Å². The van der Waals surface area contributed by atoms with Crippen molar-refractivity contribution in [1.82, 2.24) is 19.9 Å². The van der Waals surface area contributed by atoms with Gasteiger partial charge in [-0.1, -0.05) is 0 Å². The molecule has 110 valence electrons. The van der Waals surface area contributed by atoms with Crippen LogP contribution in [0.15, 0.2) is 18.5 Å². The SMILES string of the molecule is Cc1cc2ncc(C(=O)C3CC4COCC(C3)N4)cn2n1. The molecule has 0 radical (unpaired) electrons. The first-order valence-electron chi connectivity index (χ1n) is 7.39. The Bertz CT molecular complexity index is 684. The molecule has 21 heavy (non-hydrogen) atoms. The molecule has 2 bridgehead atoms. The van der Waals surface area contributed by atoms with E-state index in [1.54, 1.807) is 16.9 Å². The van der Waals surface area contributed by atoms with Crippen LogP contribution in [-0.4, -0.2) is 45.7 Å². The number of fused-ring (bicyclic) bond motifs is 3. The first-order valence-corrected chi connectivity index (χ1v) is 7.39. The Kier molecular flexibility index (Phi) is 3.01. The Morgan fingerprint density at radius 3 is 2.90 bits per heavy atom. The molecule has 0 spiro atoms. The summed E-state index contributed by atoms with van der Waals surface area (Å²) in [7, 11) is 0. The maximum atomic E-state index is 12.7. The number of nitrogens with zero attached hydrogens (tertiary/aromatic N) is 3. The smallest absolute Gasteiger partial charge is 0.169 e. The third-order valence-electron chi connectivity index (χ3n) is 4.34. The van der Waals surface area contributed by atoms with Crippen molar-refractivity contribution in [1.29, 1.82) is 0 Å². The molecule has 0 saturated carbocycles. The second-order valence-corrected chi connectivity index (χ2v) is 6.06. The maximum absolute atomic E-state index is 12.7. The summed E-state index contributed by atoms with van der Waals surface area (Å²) in [4.78, 5) is 17.1. The topological polar surface area (TPSA) is 68.5 Å². The first-order chi connectivity index (χ1) is 10.2. The lowest BCUT2D eigenvalue weighted by Gasteiger charge is -2.39. The Labute approximate surface area is 122 Å². The van der Waals surface area contributed by atoms with Crippen LogP contribution >= 0.6 is 0 Å². The van der Waals surface area contributed by atoms with E-state index < -0.39 is 0 Å². The van der Waals surface area contributed by atoms with E-state index >= 15 is 0 Å². The highest BCUT2D eigenvalue weighted by molar-refractivity contribution is 5.97. The van der Waals surface area contributed by atoms with Gasteiger partial charge in [0.2, 0.25) is 0 Å². The Balaban J connectivity index is 1.60. The maximum Gasteiger partial charge on any atom is 0.169 e. The molecule has 1 N–H and O–H groups in total. The molecular weight excluding hydrogens is 268 g/mol. The highest BCUT2D eigenvalue weighted by atomic mass is 16.5. The van der Waals surface area contributed by atoms with Gasteiger partial charge in [0.25, 0.3) is 0 Å². The van der Waals surface area contributed by atoms with Gasteiger partial charge < -0.3 is 10.1 Å². The molecule has 6 heteroatoms. The number of hydrogen-bond acceptors (Lipinski definition) is 5. The van der Waals surface area contributed by atoms with Gasteiger partial charge in [-0.3, -0.25) is 4.79 Å². The summed E-state index contributed by atoms with van der Waals surface area (Å²) in [5.74, 6) is 0.233. The summed E-state index contributed by atoms with van der Waals surface area (Å²) in [6.45, 7) is 3.33. The molecule has 0 aliphatic carbocycles. The minimum absolute atomic E-state index is 0.0565. The standard InChI is InChI=1S/C15H18N4O2/c1-9-2-14-16-5-11(6-19(14)18-9)15(20)10-3-12-7-21-8-13(4-10)17-12/h2,5-6,10,12-13,17H,3-4,7-8H2,1H3. The number of carbonyl (C=O) groups is 1. The fraction of sp³-hybridized carbons (Fsp3) is 0.533. The number of nitrogens with one attached hydrogen (secondary N) is 1. The van der Waals surface area contributed by atoms with Gasteiger partial charge >= 0.3 is 0 Å². The highest BCUT2D eigenvalue weighted by Crippen LogP contribution is 2.27. The van der Waals surface area contributed by atoms with Crippen molar-refractivity contribution < 1.29 is 9.53 Å². The van der Waals surface area contributed by atoms with E-state index in [9.17, 15) is 4.79 Å². The van der Waals surface area contributed by atoms with Crippen molar-refractivity contribution >= 4 is 11.4 Å². The fourth-order valence-corrected chi connectivity index (χ4v) is 3.41. The Hall–Kier alpha value is -1.79. The lowest BCUT2D eigenvalue weighted by atomic mass is 9.82. The number of aryl methyl sites for hydroxylation is 1. The number of morpholine rings is 1. The predicted molar refractivity (Wildman–Crippen MR) is 76.3 cm³/mol. The molecule has 0 amide bonds. The van der Waals surface area contributed by atoms with Crippen LogP contribution in [0.2, 0.25) is 0 Å². The Morgan fingerprint density at radius 1 is 1.38 bits per heavy atom. The summed E-state index contributed by atoms with van der Waals surface area (Å²) in [6, 6.07) is 2.51. The first kappa shape index (κ1) is 12.9. The van der Waals surface area contributed by atoms with Gasteiger partial charge in [0.1, 0.15) is 0 Å². The number of ether oxygens (including phenoxy) is 1. The number of ketones is 1. The van der Waals surface area contributed by atoms with Gasteiger partial charge in [-0.15, -0.1) is 0 Å². The van der Waals surface area contributed by atoms with Gasteiger partial charge in [-0.25, -0.2) is 9.50 Å². The zero-order valence-electron chi connectivity index (χ0n) is 12.0. The molecule has 0 aromatic carbocycles. The van der Waals surface area contributed by atoms with Crippen molar-refractivity contribution in [3.63, 3.8) is 0 Å². The zero-order chi connectivity index (χ0) is 14.4.